The number of aliphatic hydroxyl groups excluding tert-OH is 1. The van der Waals surface area contributed by atoms with Crippen LogP contribution in [0.1, 0.15) is 29.5 Å². The molecule has 1 aromatic heterocycles. The van der Waals surface area contributed by atoms with Crippen LogP contribution in [0.15, 0.2) is 71.9 Å². The van der Waals surface area contributed by atoms with E-state index in [0.717, 1.165) is 46.4 Å². The summed E-state index contributed by atoms with van der Waals surface area (Å²) < 4.78 is 5.26. The number of rotatable bonds is 9. The zero-order valence-corrected chi connectivity index (χ0v) is 23.2. The lowest BCUT2D eigenvalue weighted by Gasteiger charge is -2.31. The third-order valence-electron chi connectivity index (χ3n) is 6.57. The van der Waals surface area contributed by atoms with E-state index in [4.69, 9.17) is 21.2 Å². The van der Waals surface area contributed by atoms with Crippen LogP contribution in [-0.2, 0) is 18.0 Å². The predicted octanol–water partition coefficient (Wildman–Crippen LogP) is 5.84. The number of ether oxygens (including phenoxy) is 1. The summed E-state index contributed by atoms with van der Waals surface area (Å²) in [4.78, 5) is 7.69. The van der Waals surface area contributed by atoms with Gasteiger partial charge in [0.2, 0.25) is 0 Å². The van der Waals surface area contributed by atoms with Gasteiger partial charge in [-0.1, -0.05) is 59.2 Å². The van der Waals surface area contributed by atoms with E-state index in [2.05, 4.69) is 25.6 Å². The van der Waals surface area contributed by atoms with Crippen LogP contribution in [0.4, 0.5) is 11.6 Å². The van der Waals surface area contributed by atoms with Crippen molar-refractivity contribution in [3.63, 3.8) is 0 Å². The Morgan fingerprint density at radius 1 is 1.03 bits per heavy atom. The summed E-state index contributed by atoms with van der Waals surface area (Å²) in [6.07, 6.45) is 2.86. The molecule has 2 heterocycles. The van der Waals surface area contributed by atoms with Crippen LogP contribution in [0.3, 0.4) is 0 Å². The summed E-state index contributed by atoms with van der Waals surface area (Å²) in [5, 5.41) is 29.1. The van der Waals surface area contributed by atoms with Crippen LogP contribution < -0.4 is 15.0 Å². The lowest BCUT2D eigenvalue weighted by Crippen LogP contribution is -2.36. The molecule has 0 atom stereocenters. The number of aliphatic hydroxyl groups is 1. The topological polar surface area (TPSA) is 92.1 Å². The van der Waals surface area contributed by atoms with Crippen LogP contribution in [0.25, 0.3) is 10.8 Å². The van der Waals surface area contributed by atoms with Crippen molar-refractivity contribution in [3.8, 4) is 5.75 Å². The number of benzene rings is 3. The Hall–Kier alpha value is -3.59. The maximum absolute atomic E-state index is 9.96. The largest absolute Gasteiger partial charge is 0.495 e. The molecule has 0 amide bonds. The van der Waals surface area contributed by atoms with E-state index in [0.29, 0.717) is 42.6 Å². The minimum absolute atomic E-state index is 0. The van der Waals surface area contributed by atoms with Crippen LogP contribution >= 0.6 is 24.0 Å². The second-order valence-corrected chi connectivity index (χ2v) is 9.62. The Morgan fingerprint density at radius 2 is 1.82 bits per heavy atom. The molecule has 0 saturated carbocycles. The van der Waals surface area contributed by atoms with Gasteiger partial charge < -0.3 is 24.9 Å². The molecule has 10 heteroatoms. The first-order valence-electron chi connectivity index (χ1n) is 12.6. The maximum Gasteiger partial charge on any atom is 0.159 e. The Bertz CT molecular complexity index is 1410. The number of piperidine rings is 1. The number of oxime groups is 1. The summed E-state index contributed by atoms with van der Waals surface area (Å²) in [6, 6.07) is 21.7. The van der Waals surface area contributed by atoms with E-state index in [1.165, 1.54) is 0 Å². The zero-order valence-electron chi connectivity index (χ0n) is 21.6. The molecule has 5 rings (SSSR count). The Kier molecular flexibility index (Phi) is 9.81. The van der Waals surface area contributed by atoms with Crippen molar-refractivity contribution < 1.29 is 14.7 Å². The Morgan fingerprint density at radius 3 is 2.56 bits per heavy atom. The summed E-state index contributed by atoms with van der Waals surface area (Å²) in [5.41, 5.74) is 2.93. The minimum Gasteiger partial charge on any atom is -0.495 e. The average Bonchev–Trinajstić information content (AvgIpc) is 2.95. The highest BCUT2D eigenvalue weighted by Crippen LogP contribution is 2.32. The number of halogens is 2. The summed E-state index contributed by atoms with van der Waals surface area (Å²) in [6.45, 7) is 2.39. The molecule has 0 unspecified atom stereocenters. The van der Waals surface area contributed by atoms with Crippen LogP contribution in [-0.4, -0.2) is 47.8 Å². The second-order valence-electron chi connectivity index (χ2n) is 9.21. The van der Waals surface area contributed by atoms with Crippen molar-refractivity contribution in [3.05, 3.63) is 88.4 Å². The van der Waals surface area contributed by atoms with Crippen molar-refractivity contribution in [2.45, 2.75) is 32.1 Å². The normalized spacial score (nSPS) is 13.9. The number of nitrogens with zero attached hydrogens (tertiary/aromatic N) is 4. The van der Waals surface area contributed by atoms with Gasteiger partial charge in [-0.2, -0.15) is 0 Å². The van der Waals surface area contributed by atoms with Gasteiger partial charge in [0.15, 0.2) is 11.6 Å². The SMILES string of the molecule is COc1ccc(CNc2nnc(N3CCC(O)CC3)c3ccc(/C=N/OCc4ccccc4)cc23)cc1Cl.Cl. The van der Waals surface area contributed by atoms with Gasteiger partial charge in [-0.15, -0.1) is 22.6 Å². The number of hydrogen-bond donors (Lipinski definition) is 2. The van der Waals surface area contributed by atoms with Crippen molar-refractivity contribution in [1.82, 2.24) is 10.2 Å². The quantitative estimate of drug-likeness (QED) is 0.194. The fourth-order valence-corrected chi connectivity index (χ4v) is 4.75. The molecule has 204 valence electrons. The molecule has 0 radical (unpaired) electrons. The monoisotopic (exact) mass is 567 g/mol. The standard InChI is InChI=1S/C29H30ClN5O3.ClH/c1-37-27-10-8-22(16-26(27)30)17-31-28-25-15-21(18-32-38-19-20-5-3-2-4-6-20)7-9-24(25)29(34-33-28)35-13-11-23(36)12-14-35;/h2-10,15-16,18,23,36H,11-14,17,19H2,1H3,(H,31,33);1H/b32-18+;. The van der Waals surface area contributed by atoms with E-state index in [1.54, 1.807) is 13.3 Å². The summed E-state index contributed by atoms with van der Waals surface area (Å²) in [5.74, 6) is 2.11. The molecular formula is C29H31Cl2N5O3. The van der Waals surface area contributed by atoms with E-state index < -0.39 is 0 Å². The number of hydrogen-bond acceptors (Lipinski definition) is 8. The van der Waals surface area contributed by atoms with Gasteiger partial charge in [-0.3, -0.25) is 0 Å². The fourth-order valence-electron chi connectivity index (χ4n) is 4.47. The van der Waals surface area contributed by atoms with E-state index >= 15 is 0 Å². The smallest absolute Gasteiger partial charge is 0.159 e. The number of fused-ring (bicyclic) bond motifs is 1. The molecule has 3 aromatic carbocycles. The van der Waals surface area contributed by atoms with Gasteiger partial charge in [0, 0.05) is 30.4 Å². The third-order valence-corrected chi connectivity index (χ3v) is 6.87. The Labute approximate surface area is 239 Å². The Balaban J connectivity index is 0.00000353. The fraction of sp³-hybridized carbons (Fsp3) is 0.276. The highest BCUT2D eigenvalue weighted by Gasteiger charge is 2.21. The second kappa shape index (κ2) is 13.5. The molecule has 1 aliphatic rings. The van der Waals surface area contributed by atoms with Crippen molar-refractivity contribution in [1.29, 1.82) is 0 Å². The average molecular weight is 569 g/mol. The lowest BCUT2D eigenvalue weighted by atomic mass is 10.1. The number of methoxy groups -OCH3 is 1. The van der Waals surface area contributed by atoms with Gasteiger partial charge in [0.05, 0.1) is 24.5 Å². The van der Waals surface area contributed by atoms with Crippen LogP contribution in [0, 0.1) is 0 Å². The maximum atomic E-state index is 9.96. The van der Waals surface area contributed by atoms with Crippen molar-refractivity contribution in [2.75, 3.05) is 30.4 Å². The summed E-state index contributed by atoms with van der Waals surface area (Å²) >= 11 is 6.31. The highest BCUT2D eigenvalue weighted by molar-refractivity contribution is 6.32. The molecule has 0 aliphatic carbocycles. The molecule has 1 fully saturated rings. The highest BCUT2D eigenvalue weighted by atomic mass is 35.5. The number of anilines is 2. The molecular weight excluding hydrogens is 537 g/mol. The molecule has 4 aromatic rings. The lowest BCUT2D eigenvalue weighted by molar-refractivity contribution is 0.132. The van der Waals surface area contributed by atoms with Crippen molar-refractivity contribution >= 4 is 52.6 Å². The molecule has 1 aliphatic heterocycles. The van der Waals surface area contributed by atoms with Crippen LogP contribution in [0.2, 0.25) is 5.02 Å². The first-order valence-corrected chi connectivity index (χ1v) is 13.0. The van der Waals surface area contributed by atoms with E-state index in [-0.39, 0.29) is 18.5 Å². The summed E-state index contributed by atoms with van der Waals surface area (Å²) in [7, 11) is 1.60. The van der Waals surface area contributed by atoms with Gasteiger partial charge in [-0.25, -0.2) is 0 Å². The van der Waals surface area contributed by atoms with Gasteiger partial charge in [0.25, 0.3) is 0 Å². The van der Waals surface area contributed by atoms with Gasteiger partial charge >= 0.3 is 0 Å². The zero-order chi connectivity index (χ0) is 26.3. The first kappa shape index (κ1) is 28.4. The molecule has 2 N–H and O–H groups in total. The molecule has 0 bridgehead atoms. The van der Waals surface area contributed by atoms with Crippen molar-refractivity contribution in [2.24, 2.45) is 5.16 Å². The molecule has 1 saturated heterocycles. The number of aromatic nitrogens is 2. The van der Waals surface area contributed by atoms with Gasteiger partial charge in [0.1, 0.15) is 12.4 Å². The molecule has 0 spiro atoms. The minimum atomic E-state index is -0.263. The first-order chi connectivity index (χ1) is 18.6. The molecule has 8 nitrogen and oxygen atoms in total. The van der Waals surface area contributed by atoms with Gasteiger partial charge in [-0.05, 0) is 53.8 Å². The third kappa shape index (κ3) is 7.09. The predicted molar refractivity (Wildman–Crippen MR) is 158 cm³/mol. The van der Waals surface area contributed by atoms with Crippen LogP contribution in [0.5, 0.6) is 5.75 Å². The van der Waals surface area contributed by atoms with E-state index in [1.807, 2.05) is 66.7 Å². The number of nitrogens with one attached hydrogen (secondary N) is 1. The molecule has 39 heavy (non-hydrogen) atoms. The van der Waals surface area contributed by atoms with E-state index in [9.17, 15) is 5.11 Å².